The molecule has 0 spiro atoms. The lowest BCUT2D eigenvalue weighted by Gasteiger charge is -2.37. The highest BCUT2D eigenvalue weighted by molar-refractivity contribution is 5.86. The maximum atomic E-state index is 12.7. The van der Waals surface area contributed by atoms with E-state index in [0.717, 1.165) is 64.4 Å². The summed E-state index contributed by atoms with van der Waals surface area (Å²) in [5.41, 5.74) is 0.342. The number of nitrogens with one attached hydrogen (secondary N) is 1. The third-order valence-electron chi connectivity index (χ3n) is 5.41. The maximum Gasteiger partial charge on any atom is 0.416 e. The summed E-state index contributed by atoms with van der Waals surface area (Å²) >= 11 is 0. The molecule has 5 nitrogen and oxygen atoms in total. The van der Waals surface area contributed by atoms with Crippen molar-refractivity contribution in [2.45, 2.75) is 24.7 Å². The van der Waals surface area contributed by atoms with Gasteiger partial charge < -0.3 is 14.8 Å². The number of halogens is 6. The first-order valence-corrected chi connectivity index (χ1v) is 9.89. The van der Waals surface area contributed by atoms with Crippen LogP contribution in [0.3, 0.4) is 0 Å². The van der Waals surface area contributed by atoms with Crippen LogP contribution in [0.4, 0.5) is 13.2 Å². The third-order valence-corrected chi connectivity index (χ3v) is 5.41. The average Bonchev–Trinajstić information content (AvgIpc) is 2.67. The molecule has 2 atom stereocenters. The van der Waals surface area contributed by atoms with Crippen LogP contribution in [-0.4, -0.2) is 88.1 Å². The molecule has 0 radical (unpaired) electrons. The molecule has 182 valence electrons. The van der Waals surface area contributed by atoms with Crippen molar-refractivity contribution in [2.75, 3.05) is 66.1 Å². The Morgan fingerprint density at radius 2 is 1.68 bits per heavy atom. The SMILES string of the molecule is COC[C@@H]1CN(CCN2CCN[C@H](Cc3ccc(C(F)(F)F)cc3)C2)CCO1.Cl.Cl.Cl. The second-order valence-electron chi connectivity index (χ2n) is 7.60. The highest BCUT2D eigenvalue weighted by Crippen LogP contribution is 2.29. The lowest BCUT2D eigenvalue weighted by atomic mass is 10.0. The highest BCUT2D eigenvalue weighted by Gasteiger charge is 2.30. The fourth-order valence-electron chi connectivity index (χ4n) is 3.90. The Kier molecular flexibility index (Phi) is 14.6. The molecule has 11 heteroatoms. The average molecular weight is 511 g/mol. The largest absolute Gasteiger partial charge is 0.416 e. The predicted molar refractivity (Wildman–Crippen MR) is 123 cm³/mol. The van der Waals surface area contributed by atoms with Crippen LogP contribution in [0.25, 0.3) is 0 Å². The Morgan fingerprint density at radius 3 is 2.29 bits per heavy atom. The topological polar surface area (TPSA) is 37.0 Å². The van der Waals surface area contributed by atoms with Gasteiger partial charge in [0.15, 0.2) is 0 Å². The summed E-state index contributed by atoms with van der Waals surface area (Å²) < 4.78 is 49.0. The second-order valence-corrected chi connectivity index (χ2v) is 7.60. The molecule has 3 rings (SSSR count). The van der Waals surface area contributed by atoms with E-state index in [0.29, 0.717) is 6.61 Å². The molecule has 2 saturated heterocycles. The number of hydrogen-bond acceptors (Lipinski definition) is 5. The lowest BCUT2D eigenvalue weighted by molar-refractivity contribution is -0.137. The van der Waals surface area contributed by atoms with Gasteiger partial charge in [-0.2, -0.15) is 13.2 Å². The van der Waals surface area contributed by atoms with Gasteiger partial charge in [-0.3, -0.25) is 9.80 Å². The van der Waals surface area contributed by atoms with Gasteiger partial charge in [-0.1, -0.05) is 12.1 Å². The minimum absolute atomic E-state index is 0. The summed E-state index contributed by atoms with van der Waals surface area (Å²) in [4.78, 5) is 4.85. The van der Waals surface area contributed by atoms with E-state index < -0.39 is 11.7 Å². The monoisotopic (exact) mass is 509 g/mol. The molecule has 2 heterocycles. The Balaban J connectivity index is 0.00000300. The Morgan fingerprint density at radius 1 is 1.03 bits per heavy atom. The summed E-state index contributed by atoms with van der Waals surface area (Å²) in [7, 11) is 1.69. The summed E-state index contributed by atoms with van der Waals surface area (Å²) in [6.07, 6.45) is -3.39. The van der Waals surface area contributed by atoms with Crippen LogP contribution in [0.15, 0.2) is 24.3 Å². The van der Waals surface area contributed by atoms with Crippen molar-refractivity contribution in [3.8, 4) is 0 Å². The number of morpholine rings is 1. The van der Waals surface area contributed by atoms with Crippen LogP contribution in [0.5, 0.6) is 0 Å². The quantitative estimate of drug-likeness (QED) is 0.610. The number of methoxy groups -OCH3 is 1. The van der Waals surface area contributed by atoms with E-state index >= 15 is 0 Å². The molecule has 1 N–H and O–H groups in total. The Hall–Kier alpha value is -0.320. The Labute approximate surface area is 201 Å². The first-order chi connectivity index (χ1) is 13.4. The standard InChI is InChI=1S/C20H30F3N3O2.3ClH/c1-27-15-19-14-26(10-11-28-19)9-8-25-7-6-24-18(13-25)12-16-2-4-17(5-3-16)20(21,22)23;;;/h2-5,18-19,24H,6-15H2,1H3;3*1H/t18-,19+;;;/m1.../s1. The summed E-state index contributed by atoms with van der Waals surface area (Å²) in [5.74, 6) is 0. The zero-order chi connectivity index (χ0) is 20.0. The van der Waals surface area contributed by atoms with Crippen LogP contribution in [0, 0.1) is 0 Å². The fraction of sp³-hybridized carbons (Fsp3) is 0.700. The minimum Gasteiger partial charge on any atom is -0.382 e. The van der Waals surface area contributed by atoms with E-state index in [-0.39, 0.29) is 49.4 Å². The first kappa shape index (κ1) is 30.7. The van der Waals surface area contributed by atoms with Crippen LogP contribution in [0.1, 0.15) is 11.1 Å². The van der Waals surface area contributed by atoms with Crippen LogP contribution in [0.2, 0.25) is 0 Å². The molecule has 2 aliphatic rings. The normalized spacial score (nSPS) is 22.7. The number of piperazine rings is 1. The molecule has 1 aromatic rings. The van der Waals surface area contributed by atoms with E-state index in [1.54, 1.807) is 19.2 Å². The van der Waals surface area contributed by atoms with Gasteiger partial charge in [0.05, 0.1) is 24.9 Å². The smallest absolute Gasteiger partial charge is 0.382 e. The van der Waals surface area contributed by atoms with E-state index in [1.807, 2.05) is 0 Å². The number of alkyl halides is 3. The van der Waals surface area contributed by atoms with Gasteiger partial charge in [-0.25, -0.2) is 0 Å². The van der Waals surface area contributed by atoms with Crippen molar-refractivity contribution >= 4 is 37.2 Å². The number of rotatable bonds is 7. The molecule has 2 aliphatic heterocycles. The van der Waals surface area contributed by atoms with Crippen molar-refractivity contribution in [2.24, 2.45) is 0 Å². The van der Waals surface area contributed by atoms with E-state index in [9.17, 15) is 13.2 Å². The molecule has 2 fully saturated rings. The van der Waals surface area contributed by atoms with E-state index in [2.05, 4.69) is 15.1 Å². The van der Waals surface area contributed by atoms with Gasteiger partial charge >= 0.3 is 6.18 Å². The van der Waals surface area contributed by atoms with Crippen molar-refractivity contribution < 1.29 is 22.6 Å². The molecule has 0 aromatic heterocycles. The van der Waals surface area contributed by atoms with Gasteiger partial charge in [-0.15, -0.1) is 37.2 Å². The zero-order valence-corrected chi connectivity index (χ0v) is 20.1. The molecular formula is C20H33Cl3F3N3O2. The van der Waals surface area contributed by atoms with Crippen molar-refractivity contribution in [1.82, 2.24) is 15.1 Å². The molecule has 0 amide bonds. The molecule has 0 bridgehead atoms. The van der Waals surface area contributed by atoms with Crippen molar-refractivity contribution in [1.29, 1.82) is 0 Å². The van der Waals surface area contributed by atoms with Gasteiger partial charge in [0.25, 0.3) is 0 Å². The number of nitrogens with zero attached hydrogens (tertiary/aromatic N) is 2. The Bertz CT molecular complexity index is 610. The van der Waals surface area contributed by atoms with Crippen molar-refractivity contribution in [3.05, 3.63) is 35.4 Å². The van der Waals surface area contributed by atoms with Gasteiger partial charge in [0.2, 0.25) is 0 Å². The van der Waals surface area contributed by atoms with Gasteiger partial charge in [-0.05, 0) is 24.1 Å². The highest BCUT2D eigenvalue weighted by atomic mass is 35.5. The summed E-state index contributed by atoms with van der Waals surface area (Å²) in [5, 5.41) is 3.49. The van der Waals surface area contributed by atoms with Gasteiger partial charge in [0.1, 0.15) is 0 Å². The third kappa shape index (κ3) is 10.0. The molecule has 0 aliphatic carbocycles. The molecule has 0 saturated carbocycles. The van der Waals surface area contributed by atoms with E-state index in [4.69, 9.17) is 9.47 Å². The lowest BCUT2D eigenvalue weighted by Crippen LogP contribution is -2.54. The molecular weight excluding hydrogens is 478 g/mol. The fourth-order valence-corrected chi connectivity index (χ4v) is 3.90. The first-order valence-electron chi connectivity index (χ1n) is 9.89. The van der Waals surface area contributed by atoms with Gasteiger partial charge in [0, 0.05) is 59.0 Å². The van der Waals surface area contributed by atoms with Crippen LogP contribution in [-0.2, 0) is 22.1 Å². The molecule has 1 aromatic carbocycles. The minimum atomic E-state index is -4.28. The maximum absolute atomic E-state index is 12.7. The molecule has 0 unspecified atom stereocenters. The van der Waals surface area contributed by atoms with Crippen LogP contribution >= 0.6 is 37.2 Å². The number of hydrogen-bond donors (Lipinski definition) is 1. The number of benzene rings is 1. The second kappa shape index (κ2) is 14.8. The van der Waals surface area contributed by atoms with E-state index in [1.165, 1.54) is 12.1 Å². The molecule has 31 heavy (non-hydrogen) atoms. The number of ether oxygens (including phenoxy) is 2. The predicted octanol–water partition coefficient (Wildman–Crippen LogP) is 3.13. The van der Waals surface area contributed by atoms with Crippen molar-refractivity contribution in [3.63, 3.8) is 0 Å². The zero-order valence-electron chi connectivity index (χ0n) is 17.6. The summed E-state index contributed by atoms with van der Waals surface area (Å²) in [6, 6.07) is 5.78. The summed E-state index contributed by atoms with van der Waals surface area (Å²) in [6.45, 7) is 8.01. The van der Waals surface area contributed by atoms with Crippen LogP contribution < -0.4 is 5.32 Å².